The number of nitrogens with one attached hydrogen (secondary N) is 1. The van der Waals surface area contributed by atoms with E-state index >= 15 is 0 Å². The minimum Gasteiger partial charge on any atom is -0.466 e. The van der Waals surface area contributed by atoms with Crippen LogP contribution in [0.25, 0.3) is 0 Å². The zero-order chi connectivity index (χ0) is 15.8. The number of carbonyl (C=O) groups is 2. The Kier molecular flexibility index (Phi) is 5.88. The van der Waals surface area contributed by atoms with Crippen LogP contribution in [0.5, 0.6) is 0 Å². The first kappa shape index (κ1) is 15.9. The van der Waals surface area contributed by atoms with Gasteiger partial charge in [0.1, 0.15) is 5.82 Å². The van der Waals surface area contributed by atoms with Crippen LogP contribution in [0.4, 0.5) is 5.82 Å². The highest BCUT2D eigenvalue weighted by Gasteiger charge is 2.25. The van der Waals surface area contributed by atoms with Crippen LogP contribution in [0.1, 0.15) is 12.8 Å². The van der Waals surface area contributed by atoms with Gasteiger partial charge in [-0.25, -0.2) is 9.78 Å². The summed E-state index contributed by atoms with van der Waals surface area (Å²) >= 11 is 0. The Morgan fingerprint density at radius 2 is 2.18 bits per heavy atom. The van der Waals surface area contributed by atoms with E-state index in [0.29, 0.717) is 6.54 Å². The van der Waals surface area contributed by atoms with Crippen molar-refractivity contribution in [1.29, 1.82) is 0 Å². The van der Waals surface area contributed by atoms with Gasteiger partial charge in [0.2, 0.25) is 5.91 Å². The van der Waals surface area contributed by atoms with Crippen LogP contribution in [0.3, 0.4) is 0 Å². The molecular weight excluding hydrogens is 284 g/mol. The summed E-state index contributed by atoms with van der Waals surface area (Å²) in [5.41, 5.74) is 0. The number of hydrogen-bond acceptors (Lipinski definition) is 6. The maximum absolute atomic E-state index is 12.0. The van der Waals surface area contributed by atoms with Crippen molar-refractivity contribution in [2.75, 3.05) is 31.6 Å². The fourth-order valence-corrected chi connectivity index (χ4v) is 2.35. The minimum atomic E-state index is -0.425. The van der Waals surface area contributed by atoms with Crippen LogP contribution in [-0.4, -0.2) is 48.6 Å². The molecule has 7 heteroatoms. The molecule has 1 amide bonds. The van der Waals surface area contributed by atoms with Gasteiger partial charge in [0, 0.05) is 44.0 Å². The number of piperidine rings is 1. The first-order valence-electron chi connectivity index (χ1n) is 7.24. The van der Waals surface area contributed by atoms with Gasteiger partial charge in [-0.3, -0.25) is 9.78 Å². The summed E-state index contributed by atoms with van der Waals surface area (Å²) in [5.74, 6) is 0.446. The second kappa shape index (κ2) is 8.11. The normalized spacial score (nSPS) is 15.8. The molecule has 0 unspecified atom stereocenters. The number of anilines is 1. The Balaban J connectivity index is 1.73. The SMILES string of the molecule is COC(=O)/C=C/CNC(=O)C1CCN(c2cnccn2)CC1. The number of hydrogen-bond donors (Lipinski definition) is 1. The van der Waals surface area contributed by atoms with Gasteiger partial charge < -0.3 is 15.0 Å². The molecule has 0 saturated carbocycles. The summed E-state index contributed by atoms with van der Waals surface area (Å²) < 4.78 is 4.47. The number of nitrogens with zero attached hydrogens (tertiary/aromatic N) is 3. The van der Waals surface area contributed by atoms with Crippen molar-refractivity contribution in [3.05, 3.63) is 30.7 Å². The highest BCUT2D eigenvalue weighted by Crippen LogP contribution is 2.21. The number of methoxy groups -OCH3 is 1. The molecule has 2 rings (SSSR count). The number of ether oxygens (including phenoxy) is 1. The van der Waals surface area contributed by atoms with Crippen LogP contribution in [0.2, 0.25) is 0 Å². The van der Waals surface area contributed by atoms with Crippen molar-refractivity contribution in [3.8, 4) is 0 Å². The summed E-state index contributed by atoms with van der Waals surface area (Å²) in [6.07, 6.45) is 9.49. The number of esters is 1. The van der Waals surface area contributed by atoms with Crippen molar-refractivity contribution >= 4 is 17.7 Å². The van der Waals surface area contributed by atoms with E-state index < -0.39 is 5.97 Å². The molecule has 0 atom stereocenters. The lowest BCUT2D eigenvalue weighted by Crippen LogP contribution is -2.40. The number of rotatable bonds is 5. The summed E-state index contributed by atoms with van der Waals surface area (Å²) in [5, 5.41) is 2.81. The largest absolute Gasteiger partial charge is 0.466 e. The molecule has 1 aliphatic heterocycles. The molecule has 2 heterocycles. The smallest absolute Gasteiger partial charge is 0.330 e. The Bertz CT molecular complexity index is 525. The first-order valence-corrected chi connectivity index (χ1v) is 7.24. The van der Waals surface area contributed by atoms with E-state index in [0.717, 1.165) is 31.7 Å². The van der Waals surface area contributed by atoms with E-state index in [4.69, 9.17) is 0 Å². The third-order valence-electron chi connectivity index (χ3n) is 3.59. The van der Waals surface area contributed by atoms with E-state index in [9.17, 15) is 9.59 Å². The van der Waals surface area contributed by atoms with Crippen LogP contribution in [0.15, 0.2) is 30.7 Å². The lowest BCUT2D eigenvalue weighted by molar-refractivity contribution is -0.135. The molecule has 0 aromatic carbocycles. The molecule has 0 aliphatic carbocycles. The van der Waals surface area contributed by atoms with E-state index in [1.54, 1.807) is 24.7 Å². The Labute approximate surface area is 129 Å². The summed E-state index contributed by atoms with van der Waals surface area (Å²) in [6, 6.07) is 0. The van der Waals surface area contributed by atoms with Gasteiger partial charge in [0.25, 0.3) is 0 Å². The molecule has 22 heavy (non-hydrogen) atoms. The lowest BCUT2D eigenvalue weighted by atomic mass is 9.96. The summed E-state index contributed by atoms with van der Waals surface area (Å²) in [7, 11) is 1.32. The fourth-order valence-electron chi connectivity index (χ4n) is 2.35. The monoisotopic (exact) mass is 304 g/mol. The molecule has 0 spiro atoms. The van der Waals surface area contributed by atoms with Gasteiger partial charge in [-0.2, -0.15) is 0 Å². The van der Waals surface area contributed by atoms with Crippen molar-refractivity contribution in [3.63, 3.8) is 0 Å². The highest BCUT2D eigenvalue weighted by molar-refractivity contribution is 5.82. The van der Waals surface area contributed by atoms with Crippen LogP contribution in [0, 0.1) is 5.92 Å². The number of amides is 1. The van der Waals surface area contributed by atoms with Crippen molar-refractivity contribution in [2.45, 2.75) is 12.8 Å². The minimum absolute atomic E-state index is 0.000511. The van der Waals surface area contributed by atoms with Gasteiger partial charge in [-0.1, -0.05) is 6.08 Å². The number of aromatic nitrogens is 2. The van der Waals surface area contributed by atoms with Crippen LogP contribution < -0.4 is 10.2 Å². The molecule has 1 saturated heterocycles. The second-order valence-corrected chi connectivity index (χ2v) is 5.00. The average molecular weight is 304 g/mol. The Hall–Kier alpha value is -2.44. The molecule has 0 bridgehead atoms. The van der Waals surface area contributed by atoms with Crippen molar-refractivity contribution in [2.24, 2.45) is 5.92 Å². The van der Waals surface area contributed by atoms with E-state index in [-0.39, 0.29) is 11.8 Å². The van der Waals surface area contributed by atoms with Crippen molar-refractivity contribution < 1.29 is 14.3 Å². The quantitative estimate of drug-likeness (QED) is 0.631. The maximum Gasteiger partial charge on any atom is 0.330 e. The topological polar surface area (TPSA) is 84.4 Å². The zero-order valence-corrected chi connectivity index (χ0v) is 12.6. The van der Waals surface area contributed by atoms with E-state index in [1.165, 1.54) is 13.2 Å². The standard InChI is InChI=1S/C15H20N4O3/c1-22-14(20)3-2-6-18-15(21)12-4-9-19(10-5-12)13-11-16-7-8-17-13/h2-3,7-8,11-12H,4-6,9-10H2,1H3,(H,18,21)/b3-2+. The molecule has 1 aromatic heterocycles. The summed E-state index contributed by atoms with van der Waals surface area (Å²) in [6.45, 7) is 1.90. The highest BCUT2D eigenvalue weighted by atomic mass is 16.5. The molecule has 1 aromatic rings. The fraction of sp³-hybridized carbons (Fsp3) is 0.467. The molecule has 0 radical (unpaired) electrons. The summed E-state index contributed by atoms with van der Waals surface area (Å²) in [4.78, 5) is 33.4. The first-order chi connectivity index (χ1) is 10.7. The lowest BCUT2D eigenvalue weighted by Gasteiger charge is -2.31. The molecule has 1 aliphatic rings. The van der Waals surface area contributed by atoms with Crippen LogP contribution in [-0.2, 0) is 14.3 Å². The molecule has 1 N–H and O–H groups in total. The van der Waals surface area contributed by atoms with Gasteiger partial charge >= 0.3 is 5.97 Å². The van der Waals surface area contributed by atoms with Gasteiger partial charge in [-0.15, -0.1) is 0 Å². The van der Waals surface area contributed by atoms with E-state index in [1.807, 2.05) is 0 Å². The zero-order valence-electron chi connectivity index (χ0n) is 12.6. The molecule has 1 fully saturated rings. The van der Waals surface area contributed by atoms with Gasteiger partial charge in [0.05, 0.1) is 13.3 Å². The van der Waals surface area contributed by atoms with Crippen molar-refractivity contribution in [1.82, 2.24) is 15.3 Å². The Morgan fingerprint density at radius 1 is 1.41 bits per heavy atom. The van der Waals surface area contributed by atoms with Gasteiger partial charge in [-0.05, 0) is 12.8 Å². The predicted octanol–water partition coefficient (Wildman–Crippen LogP) is 0.538. The van der Waals surface area contributed by atoms with E-state index in [2.05, 4.69) is 24.9 Å². The molecule has 118 valence electrons. The third-order valence-corrected chi connectivity index (χ3v) is 3.59. The Morgan fingerprint density at radius 3 is 2.82 bits per heavy atom. The maximum atomic E-state index is 12.0. The van der Waals surface area contributed by atoms with Crippen LogP contribution >= 0.6 is 0 Å². The number of carbonyl (C=O) groups excluding carboxylic acids is 2. The molecule has 7 nitrogen and oxygen atoms in total. The average Bonchev–Trinajstić information content (AvgIpc) is 2.59. The van der Waals surface area contributed by atoms with Gasteiger partial charge in [0.15, 0.2) is 0 Å². The second-order valence-electron chi connectivity index (χ2n) is 5.00. The predicted molar refractivity (Wildman–Crippen MR) is 81.1 cm³/mol. The third kappa shape index (κ3) is 4.54. The molecular formula is C15H20N4O3.